The summed E-state index contributed by atoms with van der Waals surface area (Å²) in [7, 11) is 1.77. The molecule has 0 aromatic heterocycles. The molecule has 2 aliphatic carbocycles. The Labute approximate surface area is 169 Å². The number of likely N-dealkylation sites (tertiary alicyclic amines) is 1. The summed E-state index contributed by atoms with van der Waals surface area (Å²) in [6.07, 6.45) is 13.1. The topological polar surface area (TPSA) is 58.7 Å². The molecule has 0 radical (unpaired) electrons. The molecule has 3 N–H and O–H groups in total. The Kier molecular flexibility index (Phi) is 6.21. The van der Waals surface area contributed by atoms with E-state index in [0.29, 0.717) is 6.04 Å². The second kappa shape index (κ2) is 8.66. The zero-order valence-electron chi connectivity index (χ0n) is 17.3. The van der Waals surface area contributed by atoms with Crippen LogP contribution in [0.3, 0.4) is 0 Å². The molecule has 0 bridgehead atoms. The Bertz CT molecular complexity index is 776. The number of nitrogens with zero attached hydrogens (tertiary/aromatic N) is 1. The first kappa shape index (κ1) is 20.1. The van der Waals surface area contributed by atoms with E-state index in [9.17, 15) is 5.11 Å². The van der Waals surface area contributed by atoms with Crippen molar-refractivity contribution in [3.05, 3.63) is 34.2 Å². The molecule has 28 heavy (non-hydrogen) atoms. The Morgan fingerprint density at radius 1 is 1.18 bits per heavy atom. The van der Waals surface area contributed by atoms with E-state index in [2.05, 4.69) is 35.3 Å². The Hall–Kier alpha value is -1.20. The van der Waals surface area contributed by atoms with Crippen molar-refractivity contribution in [3.63, 3.8) is 0 Å². The lowest BCUT2D eigenvalue weighted by atomic mass is 9.72. The summed E-state index contributed by atoms with van der Waals surface area (Å²) < 4.78 is 5.50. The van der Waals surface area contributed by atoms with Gasteiger partial charge in [-0.05, 0) is 67.3 Å². The second-order valence-electron chi connectivity index (χ2n) is 9.12. The summed E-state index contributed by atoms with van der Waals surface area (Å²) in [5.74, 6) is 0.168. The van der Waals surface area contributed by atoms with Gasteiger partial charge in [0.2, 0.25) is 0 Å². The van der Waals surface area contributed by atoms with Gasteiger partial charge < -0.3 is 20.5 Å². The fraction of sp³-hybridized carbons (Fsp3) is 0.667. The van der Waals surface area contributed by atoms with Crippen LogP contribution in [-0.2, 0) is 4.74 Å². The molecule has 4 nitrogen and oxygen atoms in total. The highest BCUT2D eigenvalue weighted by Gasteiger charge is 2.39. The van der Waals surface area contributed by atoms with Gasteiger partial charge in [0, 0.05) is 25.6 Å². The zero-order chi connectivity index (χ0) is 19.6. The number of rotatable bonds is 5. The van der Waals surface area contributed by atoms with Gasteiger partial charge in [0.25, 0.3) is 0 Å². The van der Waals surface area contributed by atoms with Crippen molar-refractivity contribution in [2.24, 2.45) is 5.73 Å². The molecule has 2 unspecified atom stereocenters. The Morgan fingerprint density at radius 3 is 2.64 bits per heavy atom. The van der Waals surface area contributed by atoms with E-state index in [-0.39, 0.29) is 12.0 Å². The van der Waals surface area contributed by atoms with Crippen LogP contribution in [0.2, 0.25) is 0 Å². The largest absolute Gasteiger partial charge is 0.389 e. The zero-order valence-corrected chi connectivity index (χ0v) is 17.3. The third-order valence-corrected chi connectivity index (χ3v) is 7.19. The fourth-order valence-corrected chi connectivity index (χ4v) is 5.31. The first-order chi connectivity index (χ1) is 13.6. The number of ether oxygens (including phenoxy) is 1. The predicted molar refractivity (Wildman–Crippen MR) is 114 cm³/mol. The van der Waals surface area contributed by atoms with Gasteiger partial charge in [0.05, 0.1) is 11.7 Å². The van der Waals surface area contributed by atoms with Crippen LogP contribution in [0.5, 0.6) is 0 Å². The SMILES string of the molecule is COC1C=c2ccc(C(CN3CCC(N)CC3)C3(O)CCCCC3)cc2=CC1. The number of piperidine rings is 1. The van der Waals surface area contributed by atoms with Crippen LogP contribution in [0.25, 0.3) is 12.2 Å². The summed E-state index contributed by atoms with van der Waals surface area (Å²) >= 11 is 0. The van der Waals surface area contributed by atoms with E-state index < -0.39 is 5.60 Å². The molecule has 154 valence electrons. The number of nitrogens with two attached hydrogens (primary N) is 1. The summed E-state index contributed by atoms with van der Waals surface area (Å²) in [5, 5.41) is 14.2. The number of methoxy groups -OCH3 is 1. The van der Waals surface area contributed by atoms with Crippen LogP contribution in [0.15, 0.2) is 18.2 Å². The van der Waals surface area contributed by atoms with Gasteiger partial charge in [-0.1, -0.05) is 43.5 Å². The lowest BCUT2D eigenvalue weighted by Gasteiger charge is -2.43. The summed E-state index contributed by atoms with van der Waals surface area (Å²) in [6.45, 7) is 3.04. The van der Waals surface area contributed by atoms with E-state index >= 15 is 0 Å². The van der Waals surface area contributed by atoms with Gasteiger partial charge in [-0.15, -0.1) is 0 Å². The van der Waals surface area contributed by atoms with Crippen LogP contribution in [0.1, 0.15) is 62.8 Å². The molecule has 1 saturated carbocycles. The molecule has 1 heterocycles. The number of aliphatic hydroxyl groups is 1. The van der Waals surface area contributed by atoms with Gasteiger partial charge in [-0.3, -0.25) is 0 Å². The van der Waals surface area contributed by atoms with E-state index in [1.165, 1.54) is 22.4 Å². The van der Waals surface area contributed by atoms with Crippen molar-refractivity contribution >= 4 is 12.2 Å². The third-order valence-electron chi connectivity index (χ3n) is 7.19. The molecule has 2 fully saturated rings. The quantitative estimate of drug-likeness (QED) is 0.814. The van der Waals surface area contributed by atoms with Crippen LogP contribution in [0, 0.1) is 0 Å². The van der Waals surface area contributed by atoms with Gasteiger partial charge >= 0.3 is 0 Å². The highest BCUT2D eigenvalue weighted by molar-refractivity contribution is 5.44. The normalized spacial score (nSPS) is 26.8. The van der Waals surface area contributed by atoms with Gasteiger partial charge in [-0.2, -0.15) is 0 Å². The number of benzene rings is 1. The van der Waals surface area contributed by atoms with Crippen LogP contribution in [0.4, 0.5) is 0 Å². The van der Waals surface area contributed by atoms with E-state index in [1.54, 1.807) is 7.11 Å². The molecule has 1 aromatic rings. The van der Waals surface area contributed by atoms with Crippen molar-refractivity contribution in [3.8, 4) is 0 Å². The standard InChI is InChI=1S/C24H36N2O2/c1-28-22-8-7-18-15-20(6-5-19(18)16-22)23(24(27)11-3-2-4-12-24)17-26-13-9-21(25)10-14-26/h5-7,15-16,21-23,27H,2-4,8-14,17,25H2,1H3. The van der Waals surface area contributed by atoms with Crippen LogP contribution < -0.4 is 16.2 Å². The summed E-state index contributed by atoms with van der Waals surface area (Å²) in [5.41, 5.74) is 6.82. The van der Waals surface area contributed by atoms with Crippen LogP contribution >= 0.6 is 0 Å². The van der Waals surface area contributed by atoms with E-state index in [0.717, 1.165) is 64.6 Å². The summed E-state index contributed by atoms with van der Waals surface area (Å²) in [6, 6.07) is 7.13. The number of hydrogen-bond acceptors (Lipinski definition) is 4. The van der Waals surface area contributed by atoms with Crippen molar-refractivity contribution in [1.29, 1.82) is 0 Å². The van der Waals surface area contributed by atoms with Crippen molar-refractivity contribution in [1.82, 2.24) is 4.90 Å². The van der Waals surface area contributed by atoms with E-state index in [4.69, 9.17) is 10.5 Å². The van der Waals surface area contributed by atoms with Crippen LogP contribution in [-0.4, -0.2) is 54.5 Å². The van der Waals surface area contributed by atoms with Crippen molar-refractivity contribution < 1.29 is 9.84 Å². The molecule has 4 heteroatoms. The van der Waals surface area contributed by atoms with Crippen molar-refractivity contribution in [2.75, 3.05) is 26.7 Å². The molecule has 4 rings (SSSR count). The summed E-state index contributed by atoms with van der Waals surface area (Å²) in [4.78, 5) is 2.52. The van der Waals surface area contributed by atoms with Gasteiger partial charge in [0.1, 0.15) is 0 Å². The lowest BCUT2D eigenvalue weighted by molar-refractivity contribution is -0.0324. The maximum Gasteiger partial charge on any atom is 0.0795 e. The fourth-order valence-electron chi connectivity index (χ4n) is 5.31. The number of fused-ring (bicyclic) bond motifs is 1. The first-order valence-electron chi connectivity index (χ1n) is 11.1. The average molecular weight is 385 g/mol. The smallest absolute Gasteiger partial charge is 0.0795 e. The third kappa shape index (κ3) is 4.35. The first-order valence-corrected chi connectivity index (χ1v) is 11.1. The minimum atomic E-state index is -0.584. The Balaban J connectivity index is 1.64. The molecule has 1 aromatic carbocycles. The highest BCUT2D eigenvalue weighted by Crippen LogP contribution is 2.40. The monoisotopic (exact) mass is 384 g/mol. The van der Waals surface area contributed by atoms with Gasteiger partial charge in [0.15, 0.2) is 0 Å². The predicted octanol–water partition coefficient (Wildman–Crippen LogP) is 1.87. The molecule has 2 atom stereocenters. The Morgan fingerprint density at radius 2 is 1.93 bits per heavy atom. The molecule has 0 amide bonds. The average Bonchev–Trinajstić information content (AvgIpc) is 2.73. The molecular formula is C24H36N2O2. The van der Waals surface area contributed by atoms with E-state index in [1.807, 2.05) is 0 Å². The molecule has 3 aliphatic rings. The minimum absolute atomic E-state index is 0.168. The maximum absolute atomic E-state index is 11.7. The second-order valence-corrected chi connectivity index (χ2v) is 9.12. The minimum Gasteiger partial charge on any atom is -0.389 e. The molecule has 1 aliphatic heterocycles. The number of hydrogen-bond donors (Lipinski definition) is 2. The molecular weight excluding hydrogens is 348 g/mol. The van der Waals surface area contributed by atoms with Gasteiger partial charge in [-0.25, -0.2) is 0 Å². The maximum atomic E-state index is 11.7. The highest BCUT2D eigenvalue weighted by atomic mass is 16.5. The van der Waals surface area contributed by atoms with Crippen molar-refractivity contribution in [2.45, 2.75) is 75.0 Å². The molecule has 0 spiro atoms. The molecule has 1 saturated heterocycles. The lowest BCUT2D eigenvalue weighted by Crippen LogP contribution is -2.48.